The standard InChI is InChI=1S/C27H27FN4O2/c1-31(2)15-16-32(3)27(34)19-9-12-21(13-10-19)29-25(18-7-5-4-6-8-18)24-22-14-11-20(28)17-23(22)30-26(24)33/h4-14,17,24H,15-16H2,1-3H3,(H,30,33). The van der Waals surface area contributed by atoms with E-state index in [0.717, 1.165) is 12.1 Å². The van der Waals surface area contributed by atoms with Gasteiger partial charge in [0.25, 0.3) is 5.91 Å². The van der Waals surface area contributed by atoms with Gasteiger partial charge in [-0.3, -0.25) is 14.6 Å². The number of amides is 2. The first kappa shape index (κ1) is 23.3. The molecule has 0 fully saturated rings. The number of carbonyl (C=O) groups excluding carboxylic acids is 2. The van der Waals surface area contributed by atoms with Crippen LogP contribution in [-0.4, -0.2) is 61.6 Å². The molecule has 0 bridgehead atoms. The monoisotopic (exact) mass is 458 g/mol. The second-order valence-electron chi connectivity index (χ2n) is 8.59. The second-order valence-corrected chi connectivity index (χ2v) is 8.59. The average molecular weight is 459 g/mol. The maximum absolute atomic E-state index is 13.7. The van der Waals surface area contributed by atoms with Crippen LogP contribution < -0.4 is 5.32 Å². The SMILES string of the molecule is CN(C)CCN(C)C(=O)c1ccc(N=C(c2ccccc2)C2C(=O)Nc3cc(F)ccc32)cc1. The largest absolute Gasteiger partial charge is 0.340 e. The maximum Gasteiger partial charge on any atom is 0.253 e. The molecule has 0 spiro atoms. The minimum atomic E-state index is -0.670. The van der Waals surface area contributed by atoms with Crippen LogP contribution >= 0.6 is 0 Å². The van der Waals surface area contributed by atoms with Crippen LogP contribution in [0, 0.1) is 5.82 Å². The average Bonchev–Trinajstić information content (AvgIpc) is 3.15. The first-order chi connectivity index (χ1) is 16.3. The maximum atomic E-state index is 13.7. The van der Waals surface area contributed by atoms with Gasteiger partial charge in [-0.1, -0.05) is 36.4 Å². The molecule has 3 aromatic carbocycles. The highest BCUT2D eigenvalue weighted by Crippen LogP contribution is 2.36. The van der Waals surface area contributed by atoms with Gasteiger partial charge in [-0.15, -0.1) is 0 Å². The highest BCUT2D eigenvalue weighted by Gasteiger charge is 2.35. The number of rotatable bonds is 7. The summed E-state index contributed by atoms with van der Waals surface area (Å²) in [5.41, 5.74) is 3.69. The Morgan fingerprint density at radius 1 is 0.941 bits per heavy atom. The number of halogens is 1. The summed E-state index contributed by atoms with van der Waals surface area (Å²) < 4.78 is 13.7. The number of likely N-dealkylation sites (N-methyl/N-ethyl adjacent to an activating group) is 2. The third-order valence-corrected chi connectivity index (χ3v) is 5.78. The van der Waals surface area contributed by atoms with Crippen molar-refractivity contribution in [1.82, 2.24) is 9.80 Å². The molecule has 1 aliphatic rings. The Labute approximate surface area is 198 Å². The predicted octanol–water partition coefficient (Wildman–Crippen LogP) is 4.32. The molecule has 3 aromatic rings. The molecule has 0 aliphatic carbocycles. The zero-order valence-corrected chi connectivity index (χ0v) is 19.5. The quantitative estimate of drug-likeness (QED) is 0.537. The predicted molar refractivity (Wildman–Crippen MR) is 132 cm³/mol. The lowest BCUT2D eigenvalue weighted by atomic mass is 9.90. The van der Waals surface area contributed by atoms with Crippen molar-refractivity contribution in [3.05, 3.63) is 95.3 Å². The smallest absolute Gasteiger partial charge is 0.253 e. The number of benzene rings is 3. The van der Waals surface area contributed by atoms with Crippen LogP contribution in [0.5, 0.6) is 0 Å². The highest BCUT2D eigenvalue weighted by atomic mass is 19.1. The Kier molecular flexibility index (Phi) is 6.84. The third-order valence-electron chi connectivity index (χ3n) is 5.78. The van der Waals surface area contributed by atoms with Crippen molar-refractivity contribution >= 4 is 28.9 Å². The van der Waals surface area contributed by atoms with Crippen LogP contribution in [0.4, 0.5) is 15.8 Å². The molecule has 1 atom stereocenters. The van der Waals surface area contributed by atoms with Crippen LogP contribution in [-0.2, 0) is 4.79 Å². The molecular formula is C27H27FN4O2. The molecule has 34 heavy (non-hydrogen) atoms. The van der Waals surface area contributed by atoms with Crippen molar-refractivity contribution in [3.8, 4) is 0 Å². The van der Waals surface area contributed by atoms with E-state index in [9.17, 15) is 14.0 Å². The van der Waals surface area contributed by atoms with Gasteiger partial charge >= 0.3 is 0 Å². The van der Waals surface area contributed by atoms with E-state index < -0.39 is 11.7 Å². The van der Waals surface area contributed by atoms with E-state index in [1.165, 1.54) is 12.1 Å². The summed E-state index contributed by atoms with van der Waals surface area (Å²) in [6.45, 7) is 1.40. The molecule has 0 aromatic heterocycles. The van der Waals surface area contributed by atoms with Gasteiger partial charge in [-0.2, -0.15) is 0 Å². The van der Waals surface area contributed by atoms with E-state index in [1.54, 1.807) is 42.3 Å². The fourth-order valence-electron chi connectivity index (χ4n) is 3.90. The fourth-order valence-corrected chi connectivity index (χ4v) is 3.90. The second kappa shape index (κ2) is 9.97. The van der Waals surface area contributed by atoms with Gasteiger partial charge in [0.15, 0.2) is 0 Å². The summed E-state index contributed by atoms with van der Waals surface area (Å²) in [7, 11) is 5.72. The van der Waals surface area contributed by atoms with Crippen molar-refractivity contribution in [2.45, 2.75) is 5.92 Å². The molecule has 1 unspecified atom stereocenters. The summed E-state index contributed by atoms with van der Waals surface area (Å²) in [4.78, 5) is 34.2. The first-order valence-corrected chi connectivity index (χ1v) is 11.1. The molecule has 1 heterocycles. The van der Waals surface area contributed by atoms with E-state index in [-0.39, 0.29) is 11.8 Å². The lowest BCUT2D eigenvalue weighted by Crippen LogP contribution is -2.33. The van der Waals surface area contributed by atoms with Crippen LogP contribution in [0.1, 0.15) is 27.4 Å². The molecule has 174 valence electrons. The van der Waals surface area contributed by atoms with Gasteiger partial charge in [0.05, 0.1) is 11.4 Å². The number of nitrogens with zero attached hydrogens (tertiary/aromatic N) is 3. The molecule has 4 rings (SSSR count). The normalized spacial score (nSPS) is 15.3. The number of carbonyl (C=O) groups is 2. The van der Waals surface area contributed by atoms with Crippen molar-refractivity contribution < 1.29 is 14.0 Å². The van der Waals surface area contributed by atoms with Crippen LogP contribution in [0.25, 0.3) is 0 Å². The summed E-state index contributed by atoms with van der Waals surface area (Å²) in [6, 6.07) is 20.8. The summed E-state index contributed by atoms with van der Waals surface area (Å²) in [5.74, 6) is -1.39. The molecular weight excluding hydrogens is 431 g/mol. The highest BCUT2D eigenvalue weighted by molar-refractivity contribution is 6.24. The number of aliphatic imine (C=N–C) groups is 1. The van der Waals surface area contributed by atoms with E-state index in [4.69, 9.17) is 4.99 Å². The molecule has 0 saturated carbocycles. The molecule has 2 amide bonds. The van der Waals surface area contributed by atoms with Gasteiger partial charge in [0, 0.05) is 31.4 Å². The van der Waals surface area contributed by atoms with Crippen molar-refractivity contribution in [1.29, 1.82) is 0 Å². The molecule has 1 N–H and O–H groups in total. The van der Waals surface area contributed by atoms with E-state index >= 15 is 0 Å². The van der Waals surface area contributed by atoms with Gasteiger partial charge in [-0.05, 0) is 61.6 Å². The molecule has 7 heteroatoms. The van der Waals surface area contributed by atoms with Crippen molar-refractivity contribution in [2.24, 2.45) is 4.99 Å². The van der Waals surface area contributed by atoms with E-state index in [1.807, 2.05) is 49.3 Å². The molecule has 0 radical (unpaired) electrons. The Morgan fingerprint density at radius 3 is 2.32 bits per heavy atom. The van der Waals surface area contributed by atoms with E-state index in [0.29, 0.717) is 34.8 Å². The Morgan fingerprint density at radius 2 is 1.65 bits per heavy atom. The number of hydrogen-bond acceptors (Lipinski definition) is 4. The Hall–Kier alpha value is -3.84. The Balaban J connectivity index is 1.66. The molecule has 6 nitrogen and oxygen atoms in total. The minimum Gasteiger partial charge on any atom is -0.340 e. The van der Waals surface area contributed by atoms with Gasteiger partial charge in [0.2, 0.25) is 5.91 Å². The lowest BCUT2D eigenvalue weighted by molar-refractivity contribution is -0.115. The molecule has 0 saturated heterocycles. The number of nitrogens with one attached hydrogen (secondary N) is 1. The summed E-state index contributed by atoms with van der Waals surface area (Å²) >= 11 is 0. The topological polar surface area (TPSA) is 65.0 Å². The zero-order chi connectivity index (χ0) is 24.2. The van der Waals surface area contributed by atoms with Crippen molar-refractivity contribution in [2.75, 3.05) is 39.5 Å². The number of fused-ring (bicyclic) bond motifs is 1. The number of anilines is 1. The van der Waals surface area contributed by atoms with Crippen molar-refractivity contribution in [3.63, 3.8) is 0 Å². The van der Waals surface area contributed by atoms with Crippen LogP contribution in [0.15, 0.2) is 77.8 Å². The van der Waals surface area contributed by atoms with Crippen LogP contribution in [0.2, 0.25) is 0 Å². The number of hydrogen-bond donors (Lipinski definition) is 1. The Bertz CT molecular complexity index is 1220. The fraction of sp³-hybridized carbons (Fsp3) is 0.222. The third kappa shape index (κ3) is 5.05. The molecule has 1 aliphatic heterocycles. The van der Waals surface area contributed by atoms with Gasteiger partial charge in [-0.25, -0.2) is 4.39 Å². The summed E-state index contributed by atoms with van der Waals surface area (Å²) in [6.07, 6.45) is 0. The summed E-state index contributed by atoms with van der Waals surface area (Å²) in [5, 5.41) is 2.77. The van der Waals surface area contributed by atoms with Gasteiger partial charge in [0.1, 0.15) is 11.7 Å². The minimum absolute atomic E-state index is 0.0632. The lowest BCUT2D eigenvalue weighted by Gasteiger charge is -2.19. The van der Waals surface area contributed by atoms with Gasteiger partial charge < -0.3 is 15.1 Å². The van der Waals surface area contributed by atoms with Crippen LogP contribution in [0.3, 0.4) is 0 Å². The van der Waals surface area contributed by atoms with E-state index in [2.05, 4.69) is 5.32 Å². The zero-order valence-electron chi connectivity index (χ0n) is 19.5. The first-order valence-electron chi connectivity index (χ1n) is 11.1.